The Balaban J connectivity index is 2.08. The number of nitrogens with one attached hydrogen (secondary N) is 1. The highest BCUT2D eigenvalue weighted by Crippen LogP contribution is 2.51. The van der Waals surface area contributed by atoms with E-state index in [0.29, 0.717) is 10.4 Å². The number of hydrogen-bond acceptors (Lipinski definition) is 2. The summed E-state index contributed by atoms with van der Waals surface area (Å²) >= 11 is 8.50. The monoisotopic (exact) mass is 312 g/mol. The van der Waals surface area contributed by atoms with Crippen LogP contribution >= 0.6 is 28.1 Å². The molecule has 0 aromatic heterocycles. The highest BCUT2D eigenvalue weighted by atomic mass is 79.9. The lowest BCUT2D eigenvalue weighted by atomic mass is 10.1. The molecule has 0 radical (unpaired) electrons. The Morgan fingerprint density at radius 3 is 2.76 bits per heavy atom. The van der Waals surface area contributed by atoms with Gasteiger partial charge >= 0.3 is 0 Å². The van der Waals surface area contributed by atoms with Crippen LogP contribution < -0.4 is 11.1 Å². The quantitative estimate of drug-likeness (QED) is 0.835. The minimum absolute atomic E-state index is 0.434. The van der Waals surface area contributed by atoms with Crippen LogP contribution in [0, 0.1) is 11.3 Å². The summed E-state index contributed by atoms with van der Waals surface area (Å²) in [5, 5.41) is 3.45. The Morgan fingerprint density at radius 1 is 1.59 bits per heavy atom. The summed E-state index contributed by atoms with van der Waals surface area (Å²) in [4.78, 5) is 0.434. The molecule has 1 atom stereocenters. The summed E-state index contributed by atoms with van der Waals surface area (Å²) in [6.07, 6.45) is 1.29. The molecule has 0 aliphatic heterocycles. The Labute approximate surface area is 116 Å². The first-order chi connectivity index (χ1) is 7.90. The molecular formula is C13H17BrN2S. The predicted molar refractivity (Wildman–Crippen MR) is 80.4 cm³/mol. The molecule has 0 spiro atoms. The molecule has 0 heterocycles. The summed E-state index contributed by atoms with van der Waals surface area (Å²) in [7, 11) is 0. The first-order valence-corrected chi connectivity index (χ1v) is 6.93. The van der Waals surface area contributed by atoms with E-state index in [1.54, 1.807) is 0 Å². The van der Waals surface area contributed by atoms with Gasteiger partial charge in [0.25, 0.3) is 0 Å². The van der Waals surface area contributed by atoms with Gasteiger partial charge in [0.05, 0.1) is 0 Å². The maximum absolute atomic E-state index is 5.73. The van der Waals surface area contributed by atoms with E-state index in [4.69, 9.17) is 18.0 Å². The van der Waals surface area contributed by atoms with E-state index in [1.807, 2.05) is 18.2 Å². The van der Waals surface area contributed by atoms with Crippen molar-refractivity contribution >= 4 is 38.8 Å². The molecule has 0 bridgehead atoms. The lowest BCUT2D eigenvalue weighted by molar-refractivity contribution is 0.573. The fourth-order valence-electron chi connectivity index (χ4n) is 2.03. The smallest absolute Gasteiger partial charge is 0.106 e. The van der Waals surface area contributed by atoms with Crippen LogP contribution in [0.5, 0.6) is 0 Å². The largest absolute Gasteiger partial charge is 0.389 e. The van der Waals surface area contributed by atoms with Crippen molar-refractivity contribution < 1.29 is 0 Å². The molecular weight excluding hydrogens is 296 g/mol. The van der Waals surface area contributed by atoms with Crippen molar-refractivity contribution in [2.45, 2.75) is 20.3 Å². The molecule has 3 N–H and O–H groups in total. The van der Waals surface area contributed by atoms with Gasteiger partial charge in [-0.05, 0) is 36.0 Å². The van der Waals surface area contributed by atoms with Gasteiger partial charge in [0.15, 0.2) is 0 Å². The first-order valence-electron chi connectivity index (χ1n) is 5.73. The van der Waals surface area contributed by atoms with Crippen molar-refractivity contribution in [2.75, 3.05) is 11.9 Å². The summed E-state index contributed by atoms with van der Waals surface area (Å²) in [5.74, 6) is 0.755. The Kier molecular flexibility index (Phi) is 3.46. The maximum atomic E-state index is 5.73. The molecule has 17 heavy (non-hydrogen) atoms. The van der Waals surface area contributed by atoms with E-state index >= 15 is 0 Å². The third kappa shape index (κ3) is 2.99. The third-order valence-corrected chi connectivity index (χ3v) is 4.22. The fourth-order valence-corrected chi connectivity index (χ4v) is 2.56. The standard InChI is InChI=1S/C13H17BrN2S/c1-13(2)6-8(13)7-16-11-4-3-9(14)5-10(11)12(15)17/h3-5,8,16H,6-7H2,1-2H3,(H2,15,17). The second-order valence-electron chi connectivity index (χ2n) is 5.32. The van der Waals surface area contributed by atoms with Crippen molar-refractivity contribution in [1.82, 2.24) is 0 Å². The number of rotatable bonds is 4. The Bertz CT molecular complexity index is 457. The molecule has 92 valence electrons. The first kappa shape index (κ1) is 12.8. The van der Waals surface area contributed by atoms with E-state index in [2.05, 4.69) is 35.1 Å². The van der Waals surface area contributed by atoms with Crippen LogP contribution in [0.25, 0.3) is 0 Å². The van der Waals surface area contributed by atoms with Gasteiger partial charge < -0.3 is 11.1 Å². The second kappa shape index (κ2) is 4.58. The number of anilines is 1. The van der Waals surface area contributed by atoms with Gasteiger partial charge in [0.2, 0.25) is 0 Å². The van der Waals surface area contributed by atoms with Crippen LogP contribution in [-0.2, 0) is 0 Å². The van der Waals surface area contributed by atoms with E-state index in [-0.39, 0.29) is 0 Å². The van der Waals surface area contributed by atoms with Crippen molar-refractivity contribution in [3.8, 4) is 0 Å². The predicted octanol–water partition coefficient (Wildman–Crippen LogP) is 3.54. The molecule has 2 rings (SSSR count). The van der Waals surface area contributed by atoms with Gasteiger partial charge in [-0.15, -0.1) is 0 Å². The SMILES string of the molecule is CC1(C)CC1CNc1ccc(Br)cc1C(N)=S. The minimum Gasteiger partial charge on any atom is -0.389 e. The molecule has 4 heteroatoms. The van der Waals surface area contributed by atoms with E-state index in [1.165, 1.54) is 6.42 Å². The zero-order chi connectivity index (χ0) is 12.6. The van der Waals surface area contributed by atoms with Crippen LogP contribution in [0.2, 0.25) is 0 Å². The molecule has 1 aromatic carbocycles. The van der Waals surface area contributed by atoms with Crippen molar-refractivity contribution in [2.24, 2.45) is 17.1 Å². The van der Waals surface area contributed by atoms with E-state index in [0.717, 1.165) is 28.2 Å². The maximum Gasteiger partial charge on any atom is 0.106 e. The third-order valence-electron chi connectivity index (χ3n) is 3.50. The number of benzene rings is 1. The minimum atomic E-state index is 0.434. The van der Waals surface area contributed by atoms with Gasteiger partial charge in [-0.1, -0.05) is 42.0 Å². The molecule has 2 nitrogen and oxygen atoms in total. The highest BCUT2D eigenvalue weighted by Gasteiger charge is 2.44. The molecule has 1 aliphatic rings. The average Bonchev–Trinajstić information content (AvgIpc) is 2.84. The molecule has 1 saturated carbocycles. The highest BCUT2D eigenvalue weighted by molar-refractivity contribution is 9.10. The zero-order valence-corrected chi connectivity index (χ0v) is 12.5. The second-order valence-corrected chi connectivity index (χ2v) is 6.68. The lowest BCUT2D eigenvalue weighted by Crippen LogP contribution is -2.15. The summed E-state index contributed by atoms with van der Waals surface area (Å²) in [6.45, 7) is 5.59. The number of thiocarbonyl (C=S) groups is 1. The normalized spacial score (nSPS) is 21.0. The van der Waals surface area contributed by atoms with Gasteiger partial charge in [0, 0.05) is 22.3 Å². The van der Waals surface area contributed by atoms with E-state index in [9.17, 15) is 0 Å². The fraction of sp³-hybridized carbons (Fsp3) is 0.462. The topological polar surface area (TPSA) is 38.0 Å². The van der Waals surface area contributed by atoms with Crippen LogP contribution in [0.1, 0.15) is 25.8 Å². The Morgan fingerprint density at radius 2 is 2.24 bits per heavy atom. The molecule has 1 fully saturated rings. The van der Waals surface area contributed by atoms with Crippen molar-refractivity contribution in [1.29, 1.82) is 0 Å². The molecule has 1 unspecified atom stereocenters. The van der Waals surface area contributed by atoms with Gasteiger partial charge in [0.1, 0.15) is 4.99 Å². The van der Waals surface area contributed by atoms with Crippen LogP contribution in [0.15, 0.2) is 22.7 Å². The lowest BCUT2D eigenvalue weighted by Gasteiger charge is -2.12. The molecule has 1 aliphatic carbocycles. The summed E-state index contributed by atoms with van der Waals surface area (Å²) < 4.78 is 0.998. The number of hydrogen-bond donors (Lipinski definition) is 2. The Hall–Kier alpha value is -0.610. The molecule has 0 amide bonds. The summed E-state index contributed by atoms with van der Waals surface area (Å²) in [6, 6.07) is 5.98. The van der Waals surface area contributed by atoms with E-state index < -0.39 is 0 Å². The van der Waals surface area contributed by atoms with Gasteiger partial charge in [-0.25, -0.2) is 0 Å². The van der Waals surface area contributed by atoms with Crippen LogP contribution in [-0.4, -0.2) is 11.5 Å². The zero-order valence-electron chi connectivity index (χ0n) is 10.1. The number of halogens is 1. The van der Waals surface area contributed by atoms with Crippen molar-refractivity contribution in [3.05, 3.63) is 28.2 Å². The van der Waals surface area contributed by atoms with Crippen LogP contribution in [0.4, 0.5) is 5.69 Å². The average molecular weight is 313 g/mol. The van der Waals surface area contributed by atoms with Crippen molar-refractivity contribution in [3.63, 3.8) is 0 Å². The van der Waals surface area contributed by atoms with Crippen LogP contribution in [0.3, 0.4) is 0 Å². The molecule has 0 saturated heterocycles. The summed E-state index contributed by atoms with van der Waals surface area (Å²) in [5.41, 5.74) is 8.16. The van der Waals surface area contributed by atoms with Gasteiger partial charge in [-0.2, -0.15) is 0 Å². The molecule has 1 aromatic rings. The number of nitrogens with two attached hydrogens (primary N) is 1. The van der Waals surface area contributed by atoms with Gasteiger partial charge in [-0.3, -0.25) is 0 Å².